The van der Waals surface area contributed by atoms with Gasteiger partial charge >= 0.3 is 0 Å². The molecule has 0 bridgehead atoms. The SMILES string of the molecule is CCCNC(C)CCCC1CSc2ccccc21. The number of thioether (sulfide) groups is 1. The second kappa shape index (κ2) is 7.20. The lowest BCUT2D eigenvalue weighted by Crippen LogP contribution is -2.26. The molecule has 1 nitrogen and oxygen atoms in total. The van der Waals surface area contributed by atoms with Gasteiger partial charge in [-0.1, -0.05) is 31.5 Å². The molecule has 0 aliphatic carbocycles. The molecule has 2 atom stereocenters. The number of hydrogen-bond donors (Lipinski definition) is 1. The summed E-state index contributed by atoms with van der Waals surface area (Å²) in [6.45, 7) is 5.70. The summed E-state index contributed by atoms with van der Waals surface area (Å²) in [5, 5.41) is 3.57. The van der Waals surface area contributed by atoms with Gasteiger partial charge in [-0.05, 0) is 50.3 Å². The average Bonchev–Trinajstić information content (AvgIpc) is 2.80. The molecule has 1 aliphatic rings. The zero-order chi connectivity index (χ0) is 12.8. The molecule has 0 radical (unpaired) electrons. The minimum atomic E-state index is 0.675. The van der Waals surface area contributed by atoms with Crippen LogP contribution in [0.25, 0.3) is 0 Å². The van der Waals surface area contributed by atoms with Crippen LogP contribution < -0.4 is 5.32 Å². The van der Waals surface area contributed by atoms with Crippen LogP contribution in [0, 0.1) is 0 Å². The monoisotopic (exact) mass is 263 g/mol. The Labute approximate surface area is 116 Å². The van der Waals surface area contributed by atoms with Crippen molar-refractivity contribution in [2.45, 2.75) is 56.4 Å². The molecule has 2 unspecified atom stereocenters. The Hall–Kier alpha value is -0.470. The van der Waals surface area contributed by atoms with E-state index in [1.807, 2.05) is 11.8 Å². The van der Waals surface area contributed by atoms with Crippen molar-refractivity contribution in [3.63, 3.8) is 0 Å². The smallest absolute Gasteiger partial charge is 0.0107 e. The van der Waals surface area contributed by atoms with Crippen molar-refractivity contribution in [2.24, 2.45) is 0 Å². The molecule has 0 saturated heterocycles. The third-order valence-electron chi connectivity index (χ3n) is 3.73. The molecule has 2 rings (SSSR count). The van der Waals surface area contributed by atoms with Crippen LogP contribution in [0.15, 0.2) is 29.2 Å². The summed E-state index contributed by atoms with van der Waals surface area (Å²) in [4.78, 5) is 1.51. The topological polar surface area (TPSA) is 12.0 Å². The van der Waals surface area contributed by atoms with Crippen molar-refractivity contribution in [1.29, 1.82) is 0 Å². The molecule has 2 heteroatoms. The molecular weight excluding hydrogens is 238 g/mol. The van der Waals surface area contributed by atoms with Crippen LogP contribution in [0.4, 0.5) is 0 Å². The van der Waals surface area contributed by atoms with E-state index in [-0.39, 0.29) is 0 Å². The van der Waals surface area contributed by atoms with E-state index < -0.39 is 0 Å². The zero-order valence-electron chi connectivity index (χ0n) is 11.6. The summed E-state index contributed by atoms with van der Waals surface area (Å²) in [5.41, 5.74) is 1.59. The lowest BCUT2D eigenvalue weighted by atomic mass is 9.94. The van der Waals surface area contributed by atoms with Crippen LogP contribution in [0.2, 0.25) is 0 Å². The lowest BCUT2D eigenvalue weighted by molar-refractivity contribution is 0.478. The van der Waals surface area contributed by atoms with Crippen LogP contribution in [-0.4, -0.2) is 18.3 Å². The third kappa shape index (κ3) is 3.76. The van der Waals surface area contributed by atoms with E-state index in [1.165, 1.54) is 36.3 Å². The number of nitrogens with one attached hydrogen (secondary N) is 1. The van der Waals surface area contributed by atoms with Crippen molar-refractivity contribution in [2.75, 3.05) is 12.3 Å². The van der Waals surface area contributed by atoms with Gasteiger partial charge in [0.25, 0.3) is 0 Å². The van der Waals surface area contributed by atoms with E-state index in [2.05, 4.69) is 43.4 Å². The molecule has 0 aromatic heterocycles. The van der Waals surface area contributed by atoms with Gasteiger partial charge in [0.1, 0.15) is 0 Å². The Kier molecular flexibility index (Phi) is 5.58. The van der Waals surface area contributed by atoms with Crippen LogP contribution in [0.3, 0.4) is 0 Å². The van der Waals surface area contributed by atoms with Gasteiger partial charge in [0.15, 0.2) is 0 Å². The van der Waals surface area contributed by atoms with Gasteiger partial charge in [0, 0.05) is 16.7 Å². The zero-order valence-corrected chi connectivity index (χ0v) is 12.4. The summed E-state index contributed by atoms with van der Waals surface area (Å²) in [5.74, 6) is 2.08. The fourth-order valence-electron chi connectivity index (χ4n) is 2.63. The quantitative estimate of drug-likeness (QED) is 0.781. The minimum absolute atomic E-state index is 0.675. The maximum atomic E-state index is 3.57. The van der Waals surface area contributed by atoms with Gasteiger partial charge in [-0.15, -0.1) is 11.8 Å². The first kappa shape index (κ1) is 14.0. The molecule has 0 spiro atoms. The van der Waals surface area contributed by atoms with E-state index in [9.17, 15) is 0 Å². The Morgan fingerprint density at radius 2 is 2.22 bits per heavy atom. The van der Waals surface area contributed by atoms with Crippen molar-refractivity contribution < 1.29 is 0 Å². The molecule has 0 amide bonds. The standard InChI is InChI=1S/C16H25NS/c1-3-11-17-13(2)7-6-8-14-12-18-16-10-5-4-9-15(14)16/h4-5,9-10,13-14,17H,3,6-8,11-12H2,1-2H3. The van der Waals surface area contributed by atoms with Gasteiger partial charge in [0.05, 0.1) is 0 Å². The summed E-state index contributed by atoms with van der Waals surface area (Å²) >= 11 is 2.03. The number of hydrogen-bond acceptors (Lipinski definition) is 2. The van der Waals surface area contributed by atoms with Crippen LogP contribution >= 0.6 is 11.8 Å². The molecule has 1 heterocycles. The largest absolute Gasteiger partial charge is 0.314 e. The van der Waals surface area contributed by atoms with Gasteiger partial charge in [0.2, 0.25) is 0 Å². The van der Waals surface area contributed by atoms with Crippen molar-refractivity contribution in [1.82, 2.24) is 5.32 Å². The summed E-state index contributed by atoms with van der Waals surface area (Å²) in [6, 6.07) is 9.60. The van der Waals surface area contributed by atoms with Gasteiger partial charge in [-0.2, -0.15) is 0 Å². The Balaban J connectivity index is 1.72. The van der Waals surface area contributed by atoms with E-state index in [1.54, 1.807) is 5.56 Å². The maximum Gasteiger partial charge on any atom is 0.0107 e. The normalized spacial score (nSPS) is 19.8. The fraction of sp³-hybridized carbons (Fsp3) is 0.625. The highest BCUT2D eigenvalue weighted by Gasteiger charge is 2.21. The van der Waals surface area contributed by atoms with Crippen molar-refractivity contribution in [3.05, 3.63) is 29.8 Å². The van der Waals surface area contributed by atoms with E-state index in [0.29, 0.717) is 6.04 Å². The number of fused-ring (bicyclic) bond motifs is 1. The summed E-state index contributed by atoms with van der Waals surface area (Å²) in [6.07, 6.45) is 5.24. The summed E-state index contributed by atoms with van der Waals surface area (Å²) < 4.78 is 0. The number of rotatable bonds is 7. The first-order chi connectivity index (χ1) is 8.81. The second-order valence-corrected chi connectivity index (χ2v) is 6.39. The molecule has 0 saturated carbocycles. The molecule has 1 aromatic rings. The molecule has 1 aromatic carbocycles. The van der Waals surface area contributed by atoms with E-state index in [0.717, 1.165) is 12.5 Å². The molecule has 100 valence electrons. The van der Waals surface area contributed by atoms with E-state index in [4.69, 9.17) is 0 Å². The van der Waals surface area contributed by atoms with E-state index >= 15 is 0 Å². The van der Waals surface area contributed by atoms with Crippen molar-refractivity contribution in [3.8, 4) is 0 Å². The maximum absolute atomic E-state index is 3.57. The van der Waals surface area contributed by atoms with Crippen LogP contribution in [0.5, 0.6) is 0 Å². The van der Waals surface area contributed by atoms with Crippen molar-refractivity contribution >= 4 is 11.8 Å². The molecule has 1 aliphatic heterocycles. The lowest BCUT2D eigenvalue weighted by Gasteiger charge is -2.15. The third-order valence-corrected chi connectivity index (χ3v) is 4.98. The van der Waals surface area contributed by atoms with Gasteiger partial charge in [-0.3, -0.25) is 0 Å². The highest BCUT2D eigenvalue weighted by Crippen LogP contribution is 2.41. The van der Waals surface area contributed by atoms with Crippen LogP contribution in [-0.2, 0) is 0 Å². The molecular formula is C16H25NS. The predicted molar refractivity (Wildman–Crippen MR) is 81.5 cm³/mol. The molecule has 18 heavy (non-hydrogen) atoms. The molecule has 0 fully saturated rings. The Morgan fingerprint density at radius 3 is 3.06 bits per heavy atom. The number of benzene rings is 1. The average molecular weight is 263 g/mol. The highest BCUT2D eigenvalue weighted by atomic mass is 32.2. The Morgan fingerprint density at radius 1 is 1.39 bits per heavy atom. The van der Waals surface area contributed by atoms with Gasteiger partial charge < -0.3 is 5.32 Å². The Bertz CT molecular complexity index is 364. The van der Waals surface area contributed by atoms with Crippen LogP contribution in [0.1, 0.15) is 51.0 Å². The minimum Gasteiger partial charge on any atom is -0.314 e. The summed E-state index contributed by atoms with van der Waals surface area (Å²) in [7, 11) is 0. The predicted octanol–water partition coefficient (Wildman–Crippen LogP) is 4.43. The fourth-order valence-corrected chi connectivity index (χ4v) is 3.93. The highest BCUT2D eigenvalue weighted by molar-refractivity contribution is 7.99. The molecule has 1 N–H and O–H groups in total. The van der Waals surface area contributed by atoms with Gasteiger partial charge in [-0.25, -0.2) is 0 Å². The first-order valence-corrected chi connectivity index (χ1v) is 8.25. The second-order valence-electron chi connectivity index (χ2n) is 5.33. The first-order valence-electron chi connectivity index (χ1n) is 7.26.